The maximum absolute atomic E-state index is 12.3. The molecule has 0 aromatic heterocycles. The molecule has 0 radical (unpaired) electrons. The Kier molecular flexibility index (Phi) is 9.86. The zero-order chi connectivity index (χ0) is 26.1. The summed E-state index contributed by atoms with van der Waals surface area (Å²) in [6, 6.07) is 10.7. The van der Waals surface area contributed by atoms with E-state index in [1.165, 1.54) is 18.2 Å². The number of aliphatic carboxylic acids is 1. The number of alkyl halides is 2. The normalized spacial score (nSPS) is 17.3. The van der Waals surface area contributed by atoms with Gasteiger partial charge in [0.05, 0.1) is 17.0 Å². The molecular weight excluding hydrogens is 498 g/mol. The number of ether oxygens (including phenoxy) is 2. The lowest BCUT2D eigenvalue weighted by atomic mass is 9.87. The first-order chi connectivity index (χ1) is 17.2. The number of carboxylic acid groups (broad SMARTS) is 1. The molecule has 0 spiro atoms. The molecular formula is C25H27ClF2N2O6. The van der Waals surface area contributed by atoms with E-state index in [0.717, 1.165) is 0 Å². The molecule has 0 unspecified atom stereocenters. The van der Waals surface area contributed by atoms with Crippen LogP contribution in [0.3, 0.4) is 0 Å². The van der Waals surface area contributed by atoms with Crippen LogP contribution in [-0.4, -0.2) is 55.1 Å². The van der Waals surface area contributed by atoms with Crippen molar-refractivity contribution in [2.45, 2.75) is 38.2 Å². The van der Waals surface area contributed by atoms with Crippen molar-refractivity contribution in [3.63, 3.8) is 0 Å². The van der Waals surface area contributed by atoms with Crippen molar-refractivity contribution in [1.82, 2.24) is 10.6 Å². The standard InChI is InChI=1S/C25H27ClF2N2O6/c26-20-13-17(5-10-21(20)35-14-22(27)28)24(32)30-12-11-29-23(31)15-1-6-18(7-2-15)36-19-8-3-16(4-9-19)25(33)34/h1-2,5-7,10,13,16,19,22H,3-4,8-9,11-12,14H2,(H,29,31)(H,30,32)(H,33,34). The molecule has 2 aromatic carbocycles. The van der Waals surface area contributed by atoms with Crippen LogP contribution in [-0.2, 0) is 4.79 Å². The summed E-state index contributed by atoms with van der Waals surface area (Å²) in [5.41, 5.74) is 0.650. The number of benzene rings is 2. The number of hydrogen-bond acceptors (Lipinski definition) is 5. The second kappa shape index (κ2) is 13.1. The van der Waals surface area contributed by atoms with Crippen LogP contribution in [0, 0.1) is 5.92 Å². The van der Waals surface area contributed by atoms with Crippen molar-refractivity contribution in [3.8, 4) is 11.5 Å². The van der Waals surface area contributed by atoms with E-state index in [-0.39, 0.29) is 47.4 Å². The molecule has 0 bridgehead atoms. The van der Waals surface area contributed by atoms with Gasteiger partial charge in [-0.3, -0.25) is 14.4 Å². The van der Waals surface area contributed by atoms with Crippen molar-refractivity contribution in [2.75, 3.05) is 19.7 Å². The summed E-state index contributed by atoms with van der Waals surface area (Å²) in [6.07, 6.45) is -0.153. The monoisotopic (exact) mass is 524 g/mol. The van der Waals surface area contributed by atoms with Gasteiger partial charge in [-0.25, -0.2) is 8.78 Å². The Morgan fingerprint density at radius 1 is 0.944 bits per heavy atom. The average Bonchev–Trinajstić information content (AvgIpc) is 2.86. The highest BCUT2D eigenvalue weighted by Gasteiger charge is 2.26. The number of rotatable bonds is 11. The number of halogens is 3. The van der Waals surface area contributed by atoms with Gasteiger partial charge in [0.2, 0.25) is 0 Å². The van der Waals surface area contributed by atoms with Crippen LogP contribution in [0.2, 0.25) is 5.02 Å². The number of carbonyl (C=O) groups excluding carboxylic acids is 2. The summed E-state index contributed by atoms with van der Waals surface area (Å²) in [5, 5.41) is 14.5. The fourth-order valence-corrected chi connectivity index (χ4v) is 4.01. The van der Waals surface area contributed by atoms with Crippen molar-refractivity contribution < 1.29 is 37.7 Å². The van der Waals surface area contributed by atoms with E-state index in [1.807, 2.05) is 0 Å². The fourth-order valence-electron chi connectivity index (χ4n) is 3.77. The van der Waals surface area contributed by atoms with Gasteiger partial charge >= 0.3 is 5.97 Å². The van der Waals surface area contributed by atoms with Crippen molar-refractivity contribution in [2.24, 2.45) is 5.92 Å². The van der Waals surface area contributed by atoms with Crippen molar-refractivity contribution in [1.29, 1.82) is 0 Å². The number of amides is 2. The third kappa shape index (κ3) is 8.08. The molecule has 1 aliphatic carbocycles. The topological polar surface area (TPSA) is 114 Å². The Balaban J connectivity index is 1.38. The van der Waals surface area contributed by atoms with E-state index < -0.39 is 24.9 Å². The lowest BCUT2D eigenvalue weighted by Crippen LogP contribution is -2.34. The van der Waals surface area contributed by atoms with E-state index in [1.54, 1.807) is 24.3 Å². The average molecular weight is 525 g/mol. The van der Waals surface area contributed by atoms with Crippen LogP contribution in [0.15, 0.2) is 42.5 Å². The van der Waals surface area contributed by atoms with Crippen LogP contribution in [0.5, 0.6) is 11.5 Å². The first-order valence-corrected chi connectivity index (χ1v) is 11.9. The van der Waals surface area contributed by atoms with Crippen LogP contribution >= 0.6 is 11.6 Å². The predicted octanol–water partition coefficient (Wildman–Crippen LogP) is 4.17. The summed E-state index contributed by atoms with van der Waals surface area (Å²) in [7, 11) is 0. The number of hydrogen-bond donors (Lipinski definition) is 3. The smallest absolute Gasteiger partial charge is 0.306 e. The first kappa shape index (κ1) is 27.2. The quantitative estimate of drug-likeness (QED) is 0.380. The summed E-state index contributed by atoms with van der Waals surface area (Å²) >= 11 is 5.97. The van der Waals surface area contributed by atoms with Gasteiger partial charge in [0.1, 0.15) is 18.1 Å². The van der Waals surface area contributed by atoms with E-state index in [9.17, 15) is 23.2 Å². The molecule has 8 nitrogen and oxygen atoms in total. The van der Waals surface area contributed by atoms with Crippen LogP contribution in [0.1, 0.15) is 46.4 Å². The summed E-state index contributed by atoms with van der Waals surface area (Å²) in [6.45, 7) is -0.457. The van der Waals surface area contributed by atoms with Gasteiger partial charge in [0.25, 0.3) is 18.2 Å². The second-order valence-electron chi connectivity index (χ2n) is 8.31. The molecule has 194 valence electrons. The van der Waals surface area contributed by atoms with Gasteiger partial charge in [-0.15, -0.1) is 0 Å². The molecule has 1 fully saturated rings. The molecule has 1 saturated carbocycles. The minimum absolute atomic E-state index is 0.0389. The fraction of sp³-hybridized carbons (Fsp3) is 0.400. The molecule has 0 heterocycles. The molecule has 36 heavy (non-hydrogen) atoms. The van der Waals surface area contributed by atoms with Crippen molar-refractivity contribution >= 4 is 29.4 Å². The lowest BCUT2D eigenvalue weighted by molar-refractivity contribution is -0.143. The minimum atomic E-state index is -2.64. The predicted molar refractivity (Wildman–Crippen MR) is 128 cm³/mol. The number of nitrogens with one attached hydrogen (secondary N) is 2. The van der Waals surface area contributed by atoms with Crippen molar-refractivity contribution in [3.05, 3.63) is 58.6 Å². The van der Waals surface area contributed by atoms with Crippen LogP contribution in [0.25, 0.3) is 0 Å². The second-order valence-corrected chi connectivity index (χ2v) is 8.72. The third-order valence-electron chi connectivity index (χ3n) is 5.70. The highest BCUT2D eigenvalue weighted by Crippen LogP contribution is 2.28. The third-order valence-corrected chi connectivity index (χ3v) is 5.99. The highest BCUT2D eigenvalue weighted by atomic mass is 35.5. The Morgan fingerprint density at radius 2 is 1.53 bits per heavy atom. The number of carboxylic acids is 1. The Morgan fingerprint density at radius 3 is 2.08 bits per heavy atom. The Labute approximate surface area is 211 Å². The summed E-state index contributed by atoms with van der Waals surface area (Å²) in [5.74, 6) is -1.16. The van der Waals surface area contributed by atoms with Crippen LogP contribution < -0.4 is 20.1 Å². The molecule has 1 aliphatic rings. The largest absolute Gasteiger partial charge is 0.490 e. The van der Waals surface area contributed by atoms with Gasteiger partial charge in [0.15, 0.2) is 0 Å². The Hall–Kier alpha value is -3.40. The van der Waals surface area contributed by atoms with E-state index in [2.05, 4.69) is 10.6 Å². The highest BCUT2D eigenvalue weighted by molar-refractivity contribution is 6.32. The summed E-state index contributed by atoms with van der Waals surface area (Å²) < 4.78 is 35.3. The van der Waals surface area contributed by atoms with Gasteiger partial charge in [-0.1, -0.05) is 11.6 Å². The molecule has 3 N–H and O–H groups in total. The Bertz CT molecular complexity index is 1060. The van der Waals surface area contributed by atoms with Gasteiger partial charge < -0.3 is 25.2 Å². The first-order valence-electron chi connectivity index (χ1n) is 11.5. The number of carbonyl (C=O) groups is 3. The summed E-state index contributed by atoms with van der Waals surface area (Å²) in [4.78, 5) is 35.6. The zero-order valence-corrected chi connectivity index (χ0v) is 20.1. The molecule has 2 amide bonds. The van der Waals surface area contributed by atoms with Gasteiger partial charge in [0, 0.05) is 24.2 Å². The van der Waals surface area contributed by atoms with Crippen LogP contribution in [0.4, 0.5) is 8.78 Å². The lowest BCUT2D eigenvalue weighted by Gasteiger charge is -2.26. The SMILES string of the molecule is O=C(NCCNC(=O)c1ccc(OCC(F)F)c(Cl)c1)c1ccc(OC2CCC(C(=O)O)CC2)cc1. The van der Waals surface area contributed by atoms with Gasteiger partial charge in [-0.05, 0) is 68.1 Å². The maximum atomic E-state index is 12.3. The van der Waals surface area contributed by atoms with Gasteiger partial charge in [-0.2, -0.15) is 0 Å². The maximum Gasteiger partial charge on any atom is 0.306 e. The minimum Gasteiger partial charge on any atom is -0.490 e. The molecule has 11 heteroatoms. The molecule has 0 aliphatic heterocycles. The molecule has 2 aromatic rings. The molecule has 3 rings (SSSR count). The van der Waals surface area contributed by atoms with E-state index >= 15 is 0 Å². The van der Waals surface area contributed by atoms with E-state index in [0.29, 0.717) is 37.0 Å². The molecule has 0 saturated heterocycles. The van der Waals surface area contributed by atoms with E-state index in [4.69, 9.17) is 26.2 Å². The molecule has 0 atom stereocenters. The zero-order valence-electron chi connectivity index (χ0n) is 19.3.